The van der Waals surface area contributed by atoms with Gasteiger partial charge < -0.3 is 0 Å². The molecule has 0 N–H and O–H groups in total. The molecule has 0 aliphatic carbocycles. The van der Waals surface area contributed by atoms with Gasteiger partial charge in [-0.3, -0.25) is 9.59 Å². The van der Waals surface area contributed by atoms with Crippen LogP contribution < -0.4 is 0 Å². The fourth-order valence-electron chi connectivity index (χ4n) is 2.60. The highest BCUT2D eigenvalue weighted by Crippen LogP contribution is 2.28. The van der Waals surface area contributed by atoms with Gasteiger partial charge in [0.15, 0.2) is 0 Å². The Morgan fingerprint density at radius 3 is 2.14 bits per heavy atom. The Morgan fingerprint density at radius 2 is 1.64 bits per heavy atom. The number of halogens is 3. The fourth-order valence-corrected chi connectivity index (χ4v) is 3.56. The van der Waals surface area contributed by atoms with Gasteiger partial charge in [-0.1, -0.05) is 35.3 Å². The molecule has 0 heterocycles. The van der Waals surface area contributed by atoms with Crippen LogP contribution in [0.4, 0.5) is 0 Å². The van der Waals surface area contributed by atoms with Crippen molar-refractivity contribution in [1.82, 2.24) is 10.0 Å². The number of carbonyl (C=O) groups excluding carboxylic acids is 2. The summed E-state index contributed by atoms with van der Waals surface area (Å²) in [5.41, 5.74) is 0.392. The van der Waals surface area contributed by atoms with Crippen LogP contribution in [-0.4, -0.2) is 27.4 Å². The first-order chi connectivity index (χ1) is 13.0. The first-order valence-corrected chi connectivity index (χ1v) is 9.82. The predicted octanol–water partition coefficient (Wildman–Crippen LogP) is 5.84. The van der Waals surface area contributed by atoms with E-state index in [-0.39, 0.29) is 21.2 Å². The number of amides is 2. The summed E-state index contributed by atoms with van der Waals surface area (Å²) < 4.78 is 0.562. The van der Waals surface area contributed by atoms with Crippen molar-refractivity contribution in [2.45, 2.75) is 33.2 Å². The van der Waals surface area contributed by atoms with E-state index in [1.165, 1.54) is 18.2 Å². The molecular formula is C20H18BrCl2N3O2. The van der Waals surface area contributed by atoms with Gasteiger partial charge in [0.1, 0.15) is 0 Å². The second-order valence-electron chi connectivity index (χ2n) is 7.10. The smallest absolute Gasteiger partial charge is 0.267 e. The summed E-state index contributed by atoms with van der Waals surface area (Å²) in [5.74, 6) is -1.20. The number of rotatable bonds is 2. The monoisotopic (exact) mass is 481 g/mol. The Bertz CT molecular complexity index is 960. The zero-order valence-electron chi connectivity index (χ0n) is 15.8. The van der Waals surface area contributed by atoms with Crippen LogP contribution in [0.5, 0.6) is 0 Å². The molecule has 0 spiro atoms. The van der Waals surface area contributed by atoms with Crippen molar-refractivity contribution in [3.05, 3.63) is 67.6 Å². The highest BCUT2D eigenvalue weighted by atomic mass is 79.9. The summed E-state index contributed by atoms with van der Waals surface area (Å²) in [4.78, 5) is 26.4. The van der Waals surface area contributed by atoms with Crippen molar-refractivity contribution in [1.29, 1.82) is 5.26 Å². The van der Waals surface area contributed by atoms with Crippen molar-refractivity contribution in [2.24, 2.45) is 0 Å². The molecule has 2 aromatic carbocycles. The molecule has 2 amide bonds. The molecule has 146 valence electrons. The lowest BCUT2D eigenvalue weighted by atomic mass is 10.1. The van der Waals surface area contributed by atoms with Crippen LogP contribution in [0.3, 0.4) is 0 Å². The van der Waals surface area contributed by atoms with E-state index >= 15 is 0 Å². The largest absolute Gasteiger partial charge is 0.287 e. The molecule has 0 fully saturated rings. The normalized spacial score (nSPS) is 10.9. The van der Waals surface area contributed by atoms with Crippen LogP contribution in [0.25, 0.3) is 0 Å². The second kappa shape index (κ2) is 8.52. The third-order valence-electron chi connectivity index (χ3n) is 3.85. The van der Waals surface area contributed by atoms with Crippen molar-refractivity contribution < 1.29 is 9.59 Å². The molecule has 2 aromatic rings. The quantitative estimate of drug-likeness (QED) is 0.306. The van der Waals surface area contributed by atoms with E-state index in [0.29, 0.717) is 4.47 Å². The molecule has 0 bridgehead atoms. The highest BCUT2D eigenvalue weighted by Gasteiger charge is 2.37. The van der Waals surface area contributed by atoms with Crippen LogP contribution in [0.2, 0.25) is 10.0 Å². The van der Waals surface area contributed by atoms with Crippen molar-refractivity contribution >= 4 is 50.9 Å². The molecule has 28 heavy (non-hydrogen) atoms. The number of hydrogen-bond acceptors (Lipinski definition) is 3. The summed E-state index contributed by atoms with van der Waals surface area (Å²) in [7, 11) is 0. The SMILES string of the molecule is Cc1cccc(C(=O)N(C#N)N(C(=O)c2cc(Cl)cc(Cl)c2)C(C)(C)C)c1Br. The average molecular weight is 483 g/mol. The Balaban J connectivity index is 2.57. The second-order valence-corrected chi connectivity index (χ2v) is 8.77. The minimum Gasteiger partial charge on any atom is -0.267 e. The molecule has 0 saturated carbocycles. The molecule has 2 rings (SSSR count). The van der Waals surface area contributed by atoms with Gasteiger partial charge in [-0.05, 0) is 73.5 Å². The van der Waals surface area contributed by atoms with E-state index in [0.717, 1.165) is 15.6 Å². The van der Waals surface area contributed by atoms with Gasteiger partial charge in [-0.25, -0.2) is 5.01 Å². The van der Waals surface area contributed by atoms with E-state index in [1.807, 2.05) is 19.2 Å². The zero-order valence-corrected chi connectivity index (χ0v) is 18.9. The number of hydrogen-bond donors (Lipinski definition) is 0. The van der Waals surface area contributed by atoms with Crippen molar-refractivity contribution in [3.8, 4) is 6.19 Å². The standard InChI is InChI=1S/C20H18BrCl2N3O2/c1-12-6-5-7-16(17(12)21)19(28)25(11-24)26(20(2,3)4)18(27)13-8-14(22)10-15(23)9-13/h5-10H,1-4H3. The van der Waals surface area contributed by atoms with Gasteiger partial charge >= 0.3 is 0 Å². The van der Waals surface area contributed by atoms with E-state index in [9.17, 15) is 14.9 Å². The maximum Gasteiger partial charge on any atom is 0.287 e. The van der Waals surface area contributed by atoms with E-state index in [2.05, 4.69) is 15.9 Å². The summed E-state index contributed by atoms with van der Waals surface area (Å²) in [6, 6.07) is 9.51. The van der Waals surface area contributed by atoms with Gasteiger partial charge in [0.25, 0.3) is 11.8 Å². The first-order valence-electron chi connectivity index (χ1n) is 8.27. The maximum atomic E-state index is 13.2. The van der Waals surface area contributed by atoms with Crippen LogP contribution in [-0.2, 0) is 0 Å². The van der Waals surface area contributed by atoms with Gasteiger partial charge in [-0.2, -0.15) is 5.26 Å². The number of hydrazine groups is 1. The van der Waals surface area contributed by atoms with Gasteiger partial charge in [0.05, 0.1) is 11.1 Å². The average Bonchev–Trinajstić information content (AvgIpc) is 2.59. The van der Waals surface area contributed by atoms with Crippen LogP contribution >= 0.6 is 39.1 Å². The number of carbonyl (C=O) groups is 2. The molecule has 0 saturated heterocycles. The van der Waals surface area contributed by atoms with Crippen LogP contribution in [0.1, 0.15) is 47.1 Å². The molecule has 0 aliphatic rings. The predicted molar refractivity (Wildman–Crippen MR) is 113 cm³/mol. The summed E-state index contributed by atoms with van der Waals surface area (Å²) >= 11 is 15.4. The number of nitriles is 1. The zero-order chi connectivity index (χ0) is 21.2. The van der Waals surface area contributed by atoms with E-state index in [4.69, 9.17) is 23.2 Å². The minimum absolute atomic E-state index is 0.170. The molecule has 0 atom stereocenters. The first kappa shape index (κ1) is 22.2. The topological polar surface area (TPSA) is 64.4 Å². The lowest BCUT2D eigenvalue weighted by Gasteiger charge is -2.39. The number of nitrogens with zero attached hydrogens (tertiary/aromatic N) is 3. The summed E-state index contributed by atoms with van der Waals surface area (Å²) in [5, 5.41) is 12.2. The molecule has 0 unspecified atom stereocenters. The third kappa shape index (κ3) is 4.67. The number of benzene rings is 2. The van der Waals surface area contributed by atoms with Gasteiger partial charge in [0.2, 0.25) is 6.19 Å². The number of aryl methyl sites for hydroxylation is 1. The Hall–Kier alpha value is -2.07. The highest BCUT2D eigenvalue weighted by molar-refractivity contribution is 9.10. The van der Waals surface area contributed by atoms with Crippen LogP contribution in [0.15, 0.2) is 40.9 Å². The summed E-state index contributed by atoms with van der Waals surface area (Å²) in [6.45, 7) is 7.00. The van der Waals surface area contributed by atoms with Crippen molar-refractivity contribution in [3.63, 3.8) is 0 Å². The third-order valence-corrected chi connectivity index (χ3v) is 5.34. The maximum absolute atomic E-state index is 13.2. The Labute approximate surface area is 182 Å². The molecule has 0 radical (unpaired) electrons. The lowest BCUT2D eigenvalue weighted by molar-refractivity contribution is -0.0167. The molecule has 5 nitrogen and oxygen atoms in total. The van der Waals surface area contributed by atoms with E-state index < -0.39 is 17.4 Å². The summed E-state index contributed by atoms with van der Waals surface area (Å²) in [6.07, 6.45) is 1.84. The molecule has 0 aliphatic heterocycles. The van der Waals surface area contributed by atoms with Gasteiger partial charge in [0, 0.05) is 20.1 Å². The molecule has 8 heteroatoms. The van der Waals surface area contributed by atoms with Gasteiger partial charge in [-0.15, -0.1) is 5.01 Å². The molecular weight excluding hydrogens is 465 g/mol. The minimum atomic E-state index is -0.881. The Morgan fingerprint density at radius 1 is 1.07 bits per heavy atom. The molecule has 0 aromatic heterocycles. The van der Waals surface area contributed by atoms with Crippen LogP contribution in [0, 0.1) is 18.4 Å². The van der Waals surface area contributed by atoms with Crippen molar-refractivity contribution in [2.75, 3.05) is 0 Å². The Kier molecular flexibility index (Phi) is 6.76. The van der Waals surface area contributed by atoms with E-state index in [1.54, 1.807) is 32.9 Å². The fraction of sp³-hybridized carbons (Fsp3) is 0.250. The lowest BCUT2D eigenvalue weighted by Crippen LogP contribution is -2.56.